The quantitative estimate of drug-likeness (QED) is 0.939. The summed E-state index contributed by atoms with van der Waals surface area (Å²) in [5.41, 5.74) is 1.99. The van der Waals surface area contributed by atoms with Crippen LogP contribution in [-0.4, -0.2) is 27.9 Å². The maximum Gasteiger partial charge on any atom is 0.337 e. The van der Waals surface area contributed by atoms with Gasteiger partial charge in [0.05, 0.1) is 17.4 Å². The molecule has 1 aromatic heterocycles. The Kier molecular flexibility index (Phi) is 3.90. The molecule has 0 atom stereocenters. The zero-order chi connectivity index (χ0) is 14.0. The number of hydrogen-bond donors (Lipinski definition) is 1. The molecule has 0 unspecified atom stereocenters. The predicted octanol–water partition coefficient (Wildman–Crippen LogP) is 2.52. The van der Waals surface area contributed by atoms with E-state index in [-0.39, 0.29) is 5.56 Å². The molecule has 0 spiro atoms. The van der Waals surface area contributed by atoms with Crippen molar-refractivity contribution in [1.82, 2.24) is 9.78 Å². The molecule has 0 fully saturated rings. The molecule has 2 aromatic rings. The first kappa shape index (κ1) is 13.6. The molecule has 0 aliphatic carbocycles. The second kappa shape index (κ2) is 5.44. The van der Waals surface area contributed by atoms with Gasteiger partial charge in [-0.15, -0.1) is 0 Å². The number of nitrogens with zero attached hydrogens (tertiary/aromatic N) is 3. The van der Waals surface area contributed by atoms with Crippen LogP contribution in [-0.2, 0) is 13.6 Å². The van der Waals surface area contributed by atoms with Crippen molar-refractivity contribution in [2.45, 2.75) is 6.54 Å². The average molecular weight is 324 g/mol. The van der Waals surface area contributed by atoms with Crippen LogP contribution in [0, 0.1) is 0 Å². The molecule has 0 radical (unpaired) electrons. The number of aromatic carboxylic acids is 1. The molecule has 1 aromatic carbocycles. The first-order valence-corrected chi connectivity index (χ1v) is 6.48. The van der Waals surface area contributed by atoms with Gasteiger partial charge in [-0.1, -0.05) is 15.9 Å². The Morgan fingerprint density at radius 2 is 2.26 bits per heavy atom. The zero-order valence-electron chi connectivity index (χ0n) is 10.7. The van der Waals surface area contributed by atoms with Crippen molar-refractivity contribution in [2.24, 2.45) is 7.05 Å². The molecule has 1 heterocycles. The molecular formula is C13H14BrN3O2. The summed E-state index contributed by atoms with van der Waals surface area (Å²) in [6.07, 6.45) is 3.69. The number of carbonyl (C=O) groups is 1. The largest absolute Gasteiger partial charge is 0.478 e. The number of halogens is 1. The summed E-state index contributed by atoms with van der Waals surface area (Å²) < 4.78 is 2.48. The van der Waals surface area contributed by atoms with Gasteiger partial charge in [0.2, 0.25) is 0 Å². The van der Waals surface area contributed by atoms with Crippen molar-refractivity contribution in [1.29, 1.82) is 0 Å². The molecule has 1 N–H and O–H groups in total. The molecule has 0 bridgehead atoms. The van der Waals surface area contributed by atoms with Crippen molar-refractivity contribution >= 4 is 27.6 Å². The third kappa shape index (κ3) is 3.14. The topological polar surface area (TPSA) is 58.4 Å². The SMILES string of the molecule is CN(Cc1cnn(C)c1)c1ccc(Br)cc1C(=O)O. The molecular weight excluding hydrogens is 310 g/mol. The van der Waals surface area contributed by atoms with Crippen LogP contribution in [0.5, 0.6) is 0 Å². The van der Waals surface area contributed by atoms with Gasteiger partial charge >= 0.3 is 5.97 Å². The van der Waals surface area contributed by atoms with Crippen LogP contribution < -0.4 is 4.90 Å². The van der Waals surface area contributed by atoms with Crippen molar-refractivity contribution in [3.63, 3.8) is 0 Å². The fraction of sp³-hybridized carbons (Fsp3) is 0.231. The molecule has 2 rings (SSSR count). The fourth-order valence-corrected chi connectivity index (χ4v) is 2.29. The fourth-order valence-electron chi connectivity index (χ4n) is 1.92. The van der Waals surface area contributed by atoms with E-state index in [1.165, 1.54) is 0 Å². The van der Waals surface area contributed by atoms with E-state index < -0.39 is 5.97 Å². The Morgan fingerprint density at radius 3 is 2.84 bits per heavy atom. The van der Waals surface area contributed by atoms with Gasteiger partial charge in [0.15, 0.2) is 0 Å². The Bertz CT molecular complexity index is 610. The van der Waals surface area contributed by atoms with Crippen LogP contribution in [0.25, 0.3) is 0 Å². The standard InChI is InChI=1S/C13H14BrN3O2/c1-16(7-9-6-15-17(2)8-9)12-4-3-10(14)5-11(12)13(18)19/h3-6,8H,7H2,1-2H3,(H,18,19). The third-order valence-electron chi connectivity index (χ3n) is 2.78. The number of benzene rings is 1. The van der Waals surface area contributed by atoms with E-state index in [4.69, 9.17) is 0 Å². The van der Waals surface area contributed by atoms with Crippen molar-refractivity contribution in [3.05, 3.63) is 46.2 Å². The van der Waals surface area contributed by atoms with Gasteiger partial charge in [-0.3, -0.25) is 4.68 Å². The molecule has 0 saturated heterocycles. The van der Waals surface area contributed by atoms with E-state index in [0.717, 1.165) is 10.0 Å². The highest BCUT2D eigenvalue weighted by atomic mass is 79.9. The Balaban J connectivity index is 2.28. The maximum atomic E-state index is 11.3. The predicted molar refractivity (Wildman–Crippen MR) is 76.4 cm³/mol. The Hall–Kier alpha value is -1.82. The highest BCUT2D eigenvalue weighted by molar-refractivity contribution is 9.10. The normalized spacial score (nSPS) is 10.5. The zero-order valence-corrected chi connectivity index (χ0v) is 12.3. The highest BCUT2D eigenvalue weighted by Crippen LogP contribution is 2.25. The van der Waals surface area contributed by atoms with Gasteiger partial charge in [-0.2, -0.15) is 5.10 Å². The lowest BCUT2D eigenvalue weighted by molar-refractivity contribution is 0.0697. The van der Waals surface area contributed by atoms with Crippen LogP contribution >= 0.6 is 15.9 Å². The molecule has 0 amide bonds. The van der Waals surface area contributed by atoms with E-state index in [2.05, 4.69) is 21.0 Å². The van der Waals surface area contributed by atoms with Crippen LogP contribution in [0.3, 0.4) is 0 Å². The lowest BCUT2D eigenvalue weighted by Gasteiger charge is -2.20. The highest BCUT2D eigenvalue weighted by Gasteiger charge is 2.14. The molecule has 6 heteroatoms. The maximum absolute atomic E-state index is 11.3. The number of anilines is 1. The van der Waals surface area contributed by atoms with Gasteiger partial charge in [-0.25, -0.2) is 4.79 Å². The van der Waals surface area contributed by atoms with Gasteiger partial charge in [-0.05, 0) is 18.2 Å². The monoisotopic (exact) mass is 323 g/mol. The van der Waals surface area contributed by atoms with E-state index >= 15 is 0 Å². The van der Waals surface area contributed by atoms with E-state index in [1.807, 2.05) is 31.3 Å². The van der Waals surface area contributed by atoms with Crippen LogP contribution in [0.1, 0.15) is 15.9 Å². The summed E-state index contributed by atoms with van der Waals surface area (Å²) in [6, 6.07) is 5.24. The number of carboxylic acids is 1. The Labute approximate surface area is 119 Å². The molecule has 0 saturated carbocycles. The van der Waals surface area contributed by atoms with Gasteiger partial charge in [0, 0.05) is 36.9 Å². The van der Waals surface area contributed by atoms with Crippen molar-refractivity contribution < 1.29 is 9.90 Å². The summed E-state index contributed by atoms with van der Waals surface area (Å²) >= 11 is 3.29. The molecule has 5 nitrogen and oxygen atoms in total. The van der Waals surface area contributed by atoms with Crippen LogP contribution in [0.15, 0.2) is 35.1 Å². The molecule has 19 heavy (non-hydrogen) atoms. The summed E-state index contributed by atoms with van der Waals surface area (Å²) in [4.78, 5) is 13.2. The van der Waals surface area contributed by atoms with E-state index in [9.17, 15) is 9.90 Å². The second-order valence-electron chi connectivity index (χ2n) is 4.34. The van der Waals surface area contributed by atoms with Gasteiger partial charge < -0.3 is 10.0 Å². The number of aromatic nitrogens is 2. The number of rotatable bonds is 4. The van der Waals surface area contributed by atoms with Crippen LogP contribution in [0.4, 0.5) is 5.69 Å². The molecule has 100 valence electrons. The average Bonchev–Trinajstić information content (AvgIpc) is 2.74. The van der Waals surface area contributed by atoms with Gasteiger partial charge in [0.1, 0.15) is 0 Å². The molecule has 0 aliphatic heterocycles. The minimum absolute atomic E-state index is 0.278. The minimum atomic E-state index is -0.936. The van der Waals surface area contributed by atoms with E-state index in [1.54, 1.807) is 23.0 Å². The Morgan fingerprint density at radius 1 is 1.53 bits per heavy atom. The van der Waals surface area contributed by atoms with Gasteiger partial charge in [0.25, 0.3) is 0 Å². The summed E-state index contributed by atoms with van der Waals surface area (Å²) in [5.74, 6) is -0.936. The number of carboxylic acid groups (broad SMARTS) is 1. The van der Waals surface area contributed by atoms with Crippen molar-refractivity contribution in [2.75, 3.05) is 11.9 Å². The smallest absolute Gasteiger partial charge is 0.337 e. The minimum Gasteiger partial charge on any atom is -0.478 e. The first-order valence-electron chi connectivity index (χ1n) is 5.69. The second-order valence-corrected chi connectivity index (χ2v) is 5.26. The number of hydrogen-bond acceptors (Lipinski definition) is 3. The van der Waals surface area contributed by atoms with E-state index in [0.29, 0.717) is 12.2 Å². The molecule has 0 aliphatic rings. The first-order chi connectivity index (χ1) is 8.97. The summed E-state index contributed by atoms with van der Waals surface area (Å²) in [6.45, 7) is 0.607. The lowest BCUT2D eigenvalue weighted by Crippen LogP contribution is -2.19. The summed E-state index contributed by atoms with van der Waals surface area (Å²) in [5, 5.41) is 13.3. The lowest BCUT2D eigenvalue weighted by atomic mass is 10.1. The summed E-state index contributed by atoms with van der Waals surface area (Å²) in [7, 11) is 3.72. The third-order valence-corrected chi connectivity index (χ3v) is 3.27. The van der Waals surface area contributed by atoms with Crippen molar-refractivity contribution in [3.8, 4) is 0 Å². The number of aryl methyl sites for hydroxylation is 1. The van der Waals surface area contributed by atoms with Crippen LogP contribution in [0.2, 0.25) is 0 Å².